The van der Waals surface area contributed by atoms with Crippen LogP contribution in [0.3, 0.4) is 0 Å². The van der Waals surface area contributed by atoms with E-state index in [4.69, 9.17) is 12.2 Å². The highest BCUT2D eigenvalue weighted by Gasteiger charge is 2.32. The Kier molecular flexibility index (Phi) is 4.52. The highest BCUT2D eigenvalue weighted by molar-refractivity contribution is 7.80. The van der Waals surface area contributed by atoms with Crippen molar-refractivity contribution < 1.29 is 0 Å². The Morgan fingerprint density at radius 1 is 1.00 bits per heavy atom. The number of nitrogens with one attached hydrogen (secondary N) is 2. The zero-order valence-corrected chi connectivity index (χ0v) is 12.9. The van der Waals surface area contributed by atoms with E-state index in [1.807, 2.05) is 0 Å². The van der Waals surface area contributed by atoms with E-state index in [1.54, 1.807) is 0 Å². The molecule has 2 aliphatic rings. The zero-order valence-electron chi connectivity index (χ0n) is 12.1. The second-order valence-electron chi connectivity index (χ2n) is 6.78. The first-order chi connectivity index (χ1) is 8.51. The quantitative estimate of drug-likeness (QED) is 0.762. The molecule has 0 aromatic rings. The van der Waals surface area contributed by atoms with Crippen LogP contribution >= 0.6 is 12.2 Å². The Bertz CT molecular complexity index is 289. The van der Waals surface area contributed by atoms with Crippen LogP contribution in [0.15, 0.2) is 0 Å². The van der Waals surface area contributed by atoms with Crippen LogP contribution in [0, 0.1) is 11.3 Å². The van der Waals surface area contributed by atoms with Crippen LogP contribution in [0.25, 0.3) is 0 Å². The van der Waals surface area contributed by atoms with Crippen LogP contribution in [-0.2, 0) is 0 Å². The second-order valence-corrected chi connectivity index (χ2v) is 7.19. The fraction of sp³-hybridized carbons (Fsp3) is 0.933. The first-order valence-electron chi connectivity index (χ1n) is 7.58. The molecule has 0 radical (unpaired) electrons. The van der Waals surface area contributed by atoms with Crippen LogP contribution in [-0.4, -0.2) is 17.2 Å². The summed E-state index contributed by atoms with van der Waals surface area (Å²) in [5, 5.41) is 7.76. The molecule has 0 unspecified atom stereocenters. The number of rotatable bonds is 4. The summed E-state index contributed by atoms with van der Waals surface area (Å²) in [6.45, 7) is 7.16. The molecule has 2 rings (SSSR count). The van der Waals surface area contributed by atoms with Crippen molar-refractivity contribution in [1.82, 2.24) is 10.6 Å². The van der Waals surface area contributed by atoms with Gasteiger partial charge in [0.25, 0.3) is 0 Å². The summed E-state index contributed by atoms with van der Waals surface area (Å²) in [4.78, 5) is 0. The Balaban J connectivity index is 1.71. The smallest absolute Gasteiger partial charge is 0.166 e. The van der Waals surface area contributed by atoms with Crippen molar-refractivity contribution in [3.63, 3.8) is 0 Å². The highest BCUT2D eigenvalue weighted by atomic mass is 32.1. The lowest BCUT2D eigenvalue weighted by atomic mass is 9.69. The molecule has 104 valence electrons. The van der Waals surface area contributed by atoms with E-state index in [2.05, 4.69) is 31.4 Å². The second kappa shape index (κ2) is 5.77. The molecular formula is C15H28N2S. The third-order valence-corrected chi connectivity index (χ3v) is 5.23. The normalized spacial score (nSPS) is 28.8. The summed E-state index contributed by atoms with van der Waals surface area (Å²) >= 11 is 5.35. The molecule has 2 nitrogen and oxygen atoms in total. The highest BCUT2D eigenvalue weighted by Crippen LogP contribution is 2.40. The molecule has 0 amide bonds. The lowest BCUT2D eigenvalue weighted by Gasteiger charge is -2.39. The standard InChI is InChI=1S/C15H28N2S/c1-4-15(2,3)11-5-7-12(8-6-11)16-14(18)17-13-9-10-13/h11-13H,4-10H2,1-3H3,(H2,16,17,18). The molecule has 0 aromatic carbocycles. The first-order valence-corrected chi connectivity index (χ1v) is 7.99. The molecule has 0 spiro atoms. The third-order valence-electron chi connectivity index (χ3n) is 4.99. The molecule has 2 saturated carbocycles. The molecule has 0 heterocycles. The number of hydrogen-bond acceptors (Lipinski definition) is 1. The lowest BCUT2D eigenvalue weighted by Crippen LogP contribution is -2.45. The van der Waals surface area contributed by atoms with E-state index in [1.165, 1.54) is 44.9 Å². The average Bonchev–Trinajstić information content (AvgIpc) is 3.13. The molecule has 0 aliphatic heterocycles. The molecule has 0 atom stereocenters. The molecule has 2 fully saturated rings. The van der Waals surface area contributed by atoms with Gasteiger partial charge in [-0.3, -0.25) is 0 Å². The zero-order chi connectivity index (χ0) is 13.2. The first kappa shape index (κ1) is 14.1. The molecule has 0 bridgehead atoms. The van der Waals surface area contributed by atoms with Crippen molar-refractivity contribution in [3.05, 3.63) is 0 Å². The van der Waals surface area contributed by atoms with E-state index in [-0.39, 0.29) is 0 Å². The predicted molar refractivity (Wildman–Crippen MR) is 81.7 cm³/mol. The maximum absolute atomic E-state index is 5.35. The topological polar surface area (TPSA) is 24.1 Å². The van der Waals surface area contributed by atoms with Gasteiger partial charge in [0.15, 0.2) is 5.11 Å². The average molecular weight is 268 g/mol. The van der Waals surface area contributed by atoms with Crippen molar-refractivity contribution in [2.45, 2.75) is 77.8 Å². The van der Waals surface area contributed by atoms with E-state index in [0.29, 0.717) is 17.5 Å². The van der Waals surface area contributed by atoms with Crippen molar-refractivity contribution in [2.75, 3.05) is 0 Å². The molecule has 18 heavy (non-hydrogen) atoms. The van der Waals surface area contributed by atoms with E-state index < -0.39 is 0 Å². The minimum absolute atomic E-state index is 0.512. The summed E-state index contributed by atoms with van der Waals surface area (Å²) in [5.41, 5.74) is 0.512. The summed E-state index contributed by atoms with van der Waals surface area (Å²) in [6.07, 6.45) is 9.13. The van der Waals surface area contributed by atoms with Gasteiger partial charge in [0.05, 0.1) is 0 Å². The SMILES string of the molecule is CCC(C)(C)C1CCC(NC(=S)NC2CC2)CC1. The van der Waals surface area contributed by atoms with Crippen molar-refractivity contribution in [2.24, 2.45) is 11.3 Å². The van der Waals surface area contributed by atoms with Gasteiger partial charge in [0.2, 0.25) is 0 Å². The minimum Gasteiger partial charge on any atom is -0.360 e. The monoisotopic (exact) mass is 268 g/mol. The van der Waals surface area contributed by atoms with Crippen LogP contribution in [0.5, 0.6) is 0 Å². The van der Waals surface area contributed by atoms with Crippen LogP contribution < -0.4 is 10.6 Å². The lowest BCUT2D eigenvalue weighted by molar-refractivity contribution is 0.141. The van der Waals surface area contributed by atoms with Gasteiger partial charge in [-0.25, -0.2) is 0 Å². The minimum atomic E-state index is 0.512. The van der Waals surface area contributed by atoms with Gasteiger partial charge in [-0.1, -0.05) is 27.2 Å². The van der Waals surface area contributed by atoms with Gasteiger partial charge in [0, 0.05) is 12.1 Å². The molecule has 0 saturated heterocycles. The Morgan fingerprint density at radius 3 is 1.83 bits per heavy atom. The number of hydrogen-bond donors (Lipinski definition) is 2. The molecule has 2 N–H and O–H groups in total. The third kappa shape index (κ3) is 3.84. The summed E-state index contributed by atoms with van der Waals surface area (Å²) < 4.78 is 0. The Morgan fingerprint density at radius 2 is 1.44 bits per heavy atom. The molecule has 2 aliphatic carbocycles. The van der Waals surface area contributed by atoms with Crippen LogP contribution in [0.4, 0.5) is 0 Å². The van der Waals surface area contributed by atoms with Crippen LogP contribution in [0.2, 0.25) is 0 Å². The van der Waals surface area contributed by atoms with Gasteiger partial charge in [-0.05, 0) is 62.1 Å². The summed E-state index contributed by atoms with van der Waals surface area (Å²) in [5.74, 6) is 0.894. The fourth-order valence-electron chi connectivity index (χ4n) is 2.95. The van der Waals surface area contributed by atoms with E-state index >= 15 is 0 Å². The Labute approximate surface area is 117 Å². The summed E-state index contributed by atoms with van der Waals surface area (Å²) in [6, 6.07) is 1.27. The van der Waals surface area contributed by atoms with Crippen molar-refractivity contribution in [1.29, 1.82) is 0 Å². The maximum Gasteiger partial charge on any atom is 0.166 e. The predicted octanol–water partition coefficient (Wildman–Crippen LogP) is 3.61. The largest absolute Gasteiger partial charge is 0.360 e. The fourth-order valence-corrected chi connectivity index (χ4v) is 3.28. The molecular weight excluding hydrogens is 240 g/mol. The van der Waals surface area contributed by atoms with Crippen molar-refractivity contribution >= 4 is 17.3 Å². The van der Waals surface area contributed by atoms with E-state index in [0.717, 1.165) is 11.0 Å². The molecule has 3 heteroatoms. The van der Waals surface area contributed by atoms with Gasteiger partial charge in [0.1, 0.15) is 0 Å². The van der Waals surface area contributed by atoms with Crippen LogP contribution in [0.1, 0.15) is 65.7 Å². The summed E-state index contributed by atoms with van der Waals surface area (Å²) in [7, 11) is 0. The van der Waals surface area contributed by atoms with Crippen molar-refractivity contribution in [3.8, 4) is 0 Å². The molecule has 0 aromatic heterocycles. The van der Waals surface area contributed by atoms with Gasteiger partial charge in [-0.15, -0.1) is 0 Å². The number of thiocarbonyl (C=S) groups is 1. The van der Waals surface area contributed by atoms with Gasteiger partial charge < -0.3 is 10.6 Å². The van der Waals surface area contributed by atoms with E-state index in [9.17, 15) is 0 Å². The van der Waals surface area contributed by atoms with Gasteiger partial charge >= 0.3 is 0 Å². The Hall–Kier alpha value is -0.310. The van der Waals surface area contributed by atoms with Gasteiger partial charge in [-0.2, -0.15) is 0 Å². The maximum atomic E-state index is 5.35.